The highest BCUT2D eigenvalue weighted by Gasteiger charge is 2.24. The van der Waals surface area contributed by atoms with E-state index in [9.17, 15) is 25.0 Å². The van der Waals surface area contributed by atoms with Crippen molar-refractivity contribution >= 4 is 44.1 Å². The van der Waals surface area contributed by atoms with Crippen LogP contribution in [-0.2, 0) is 17.8 Å². The van der Waals surface area contributed by atoms with E-state index in [1.165, 1.54) is 12.6 Å². The number of hydroxylamine groups is 2. The summed E-state index contributed by atoms with van der Waals surface area (Å²) in [5, 5.41) is 24.0. The maximum Gasteiger partial charge on any atom is 0.321 e. The number of allylic oxidation sites excluding steroid dienone is 2. The molecular formula is C22H21BrN4O6. The number of carbonyl (C=O) groups excluding carboxylic acids is 1. The quantitative estimate of drug-likeness (QED) is 0.231. The number of amides is 1. The van der Waals surface area contributed by atoms with Crippen LogP contribution in [-0.4, -0.2) is 32.4 Å². The molecule has 0 N–H and O–H groups in total. The second kappa shape index (κ2) is 9.82. The van der Waals surface area contributed by atoms with E-state index in [-0.39, 0.29) is 12.2 Å². The van der Waals surface area contributed by atoms with Crippen LogP contribution in [0.15, 0.2) is 58.7 Å². The molecule has 0 saturated heterocycles. The number of rotatable bonds is 8. The van der Waals surface area contributed by atoms with Gasteiger partial charge in [0.25, 0.3) is 11.6 Å². The highest BCUT2D eigenvalue weighted by molar-refractivity contribution is 9.10. The maximum atomic E-state index is 12.9. The summed E-state index contributed by atoms with van der Waals surface area (Å²) in [6.07, 6.45) is 3.97. The van der Waals surface area contributed by atoms with E-state index in [1.807, 2.05) is 42.8 Å². The van der Waals surface area contributed by atoms with Crippen LogP contribution in [0, 0.1) is 20.2 Å². The third-order valence-electron chi connectivity index (χ3n) is 4.90. The van der Waals surface area contributed by atoms with Crippen molar-refractivity contribution in [1.29, 1.82) is 0 Å². The van der Waals surface area contributed by atoms with Crippen molar-refractivity contribution in [3.8, 4) is 5.75 Å². The lowest BCUT2D eigenvalue weighted by atomic mass is 10.1. The van der Waals surface area contributed by atoms with Gasteiger partial charge in [-0.05, 0) is 37.6 Å². The first kappa shape index (κ1) is 23.9. The number of nitrogens with zero attached hydrogens (tertiary/aromatic N) is 4. The lowest BCUT2D eigenvalue weighted by Crippen LogP contribution is -2.31. The van der Waals surface area contributed by atoms with Crippen LogP contribution in [0.1, 0.15) is 19.4 Å². The van der Waals surface area contributed by atoms with E-state index in [1.54, 1.807) is 0 Å². The van der Waals surface area contributed by atoms with Crippen LogP contribution >= 0.6 is 15.9 Å². The van der Waals surface area contributed by atoms with Crippen molar-refractivity contribution < 1.29 is 19.5 Å². The van der Waals surface area contributed by atoms with Gasteiger partial charge in [0.2, 0.25) is 5.75 Å². The summed E-state index contributed by atoms with van der Waals surface area (Å²) in [6.45, 7) is 4.66. The number of aromatic nitrogens is 1. The molecule has 1 heterocycles. The van der Waals surface area contributed by atoms with Crippen LogP contribution in [0.4, 0.5) is 11.4 Å². The zero-order chi connectivity index (χ0) is 24.3. The number of hydrogen-bond donors (Lipinski definition) is 0. The number of likely N-dealkylation sites (N-methyl/N-ethyl adjacent to an activating group) is 1. The SMILES string of the molecule is CC(C)=CCn1cc(CC(=O)N(C)Oc2ccc([N+](=O)[O-])cc2[N+](=O)[O-])c2ccc(Br)cc21. The Morgan fingerprint density at radius 3 is 2.52 bits per heavy atom. The first-order valence-corrected chi connectivity index (χ1v) is 10.6. The third-order valence-corrected chi connectivity index (χ3v) is 5.39. The fraction of sp³-hybridized carbons (Fsp3) is 0.227. The van der Waals surface area contributed by atoms with E-state index < -0.39 is 27.1 Å². The molecule has 10 nitrogen and oxygen atoms in total. The van der Waals surface area contributed by atoms with Crippen LogP contribution in [0.25, 0.3) is 10.9 Å². The van der Waals surface area contributed by atoms with Gasteiger partial charge >= 0.3 is 5.69 Å². The Labute approximate surface area is 197 Å². The van der Waals surface area contributed by atoms with Crippen molar-refractivity contribution in [1.82, 2.24) is 9.63 Å². The van der Waals surface area contributed by atoms with Crippen molar-refractivity contribution in [2.75, 3.05) is 7.05 Å². The number of non-ortho nitro benzene ring substituents is 1. The van der Waals surface area contributed by atoms with Gasteiger partial charge in [-0.2, -0.15) is 5.06 Å². The molecule has 0 bridgehead atoms. The third kappa shape index (κ3) is 5.55. The van der Waals surface area contributed by atoms with E-state index in [2.05, 4.69) is 22.0 Å². The van der Waals surface area contributed by atoms with Gasteiger partial charge in [-0.15, -0.1) is 0 Å². The summed E-state index contributed by atoms with van der Waals surface area (Å²) in [5.74, 6) is -0.705. The Bertz CT molecular complexity index is 1280. The minimum Gasteiger partial charge on any atom is -0.370 e. The van der Waals surface area contributed by atoms with Gasteiger partial charge in [-0.3, -0.25) is 25.0 Å². The fourth-order valence-electron chi connectivity index (χ4n) is 3.23. The molecule has 33 heavy (non-hydrogen) atoms. The van der Waals surface area contributed by atoms with Gasteiger partial charge in [0.1, 0.15) is 0 Å². The van der Waals surface area contributed by atoms with Gasteiger partial charge in [0.05, 0.1) is 22.3 Å². The van der Waals surface area contributed by atoms with Crippen LogP contribution in [0.5, 0.6) is 5.75 Å². The van der Waals surface area contributed by atoms with Crippen molar-refractivity contribution in [3.63, 3.8) is 0 Å². The van der Waals surface area contributed by atoms with Crippen molar-refractivity contribution in [2.24, 2.45) is 0 Å². The van der Waals surface area contributed by atoms with Gasteiger partial charge in [0, 0.05) is 41.2 Å². The average molecular weight is 517 g/mol. The molecule has 0 fully saturated rings. The monoisotopic (exact) mass is 516 g/mol. The molecule has 3 aromatic rings. The second-order valence-electron chi connectivity index (χ2n) is 7.58. The van der Waals surface area contributed by atoms with Crippen LogP contribution < -0.4 is 4.84 Å². The number of fused-ring (bicyclic) bond motifs is 1. The van der Waals surface area contributed by atoms with Gasteiger partial charge in [0.15, 0.2) is 0 Å². The molecule has 172 valence electrons. The highest BCUT2D eigenvalue weighted by Crippen LogP contribution is 2.32. The molecule has 0 aliphatic rings. The normalized spacial score (nSPS) is 10.7. The lowest BCUT2D eigenvalue weighted by Gasteiger charge is -2.17. The summed E-state index contributed by atoms with van der Waals surface area (Å²) in [6, 6.07) is 8.76. The predicted molar refractivity (Wildman–Crippen MR) is 126 cm³/mol. The number of halogens is 1. The zero-order valence-corrected chi connectivity index (χ0v) is 19.7. The fourth-order valence-corrected chi connectivity index (χ4v) is 3.57. The number of carbonyl (C=O) groups is 1. The Balaban J connectivity index is 1.85. The number of benzene rings is 2. The standard InChI is InChI=1S/C22H21BrN4O6/c1-14(2)8-9-25-13-15(18-6-4-16(23)11-19(18)25)10-22(28)24(3)33-21-7-5-17(26(29)30)12-20(21)27(31)32/h4-8,11-13H,9-10H2,1-3H3. The molecule has 0 saturated carbocycles. The summed E-state index contributed by atoms with van der Waals surface area (Å²) in [5.41, 5.74) is 1.85. The molecule has 0 unspecified atom stereocenters. The van der Waals surface area contributed by atoms with Gasteiger partial charge in [-0.1, -0.05) is 33.6 Å². The van der Waals surface area contributed by atoms with Crippen molar-refractivity contribution in [2.45, 2.75) is 26.8 Å². The molecule has 0 aliphatic heterocycles. The molecule has 11 heteroatoms. The maximum absolute atomic E-state index is 12.9. The van der Waals surface area contributed by atoms with Gasteiger partial charge < -0.3 is 9.40 Å². The van der Waals surface area contributed by atoms with E-state index in [0.29, 0.717) is 6.54 Å². The first-order chi connectivity index (χ1) is 15.6. The number of nitro benzene ring substituents is 2. The largest absolute Gasteiger partial charge is 0.370 e. The molecule has 0 spiro atoms. The predicted octanol–water partition coefficient (Wildman–Crippen LogP) is 5.18. The minimum absolute atomic E-state index is 0.00275. The molecule has 3 rings (SSSR count). The average Bonchev–Trinajstić information content (AvgIpc) is 3.08. The topological polar surface area (TPSA) is 121 Å². The minimum atomic E-state index is -0.796. The summed E-state index contributed by atoms with van der Waals surface area (Å²) >= 11 is 3.48. The molecule has 0 radical (unpaired) electrons. The van der Waals surface area contributed by atoms with Crippen LogP contribution in [0.3, 0.4) is 0 Å². The Morgan fingerprint density at radius 2 is 1.88 bits per heavy atom. The molecule has 0 aliphatic carbocycles. The van der Waals surface area contributed by atoms with Crippen LogP contribution in [0.2, 0.25) is 0 Å². The Hall–Kier alpha value is -3.73. The lowest BCUT2D eigenvalue weighted by molar-refractivity contribution is -0.395. The molecular weight excluding hydrogens is 496 g/mol. The highest BCUT2D eigenvalue weighted by atomic mass is 79.9. The Morgan fingerprint density at radius 1 is 1.15 bits per heavy atom. The van der Waals surface area contributed by atoms with E-state index in [0.717, 1.165) is 44.2 Å². The second-order valence-corrected chi connectivity index (χ2v) is 8.49. The summed E-state index contributed by atoms with van der Waals surface area (Å²) in [7, 11) is 1.34. The molecule has 0 atom stereocenters. The number of nitro groups is 2. The molecule has 1 aromatic heterocycles. The van der Waals surface area contributed by atoms with Crippen molar-refractivity contribution in [3.05, 3.63) is 84.5 Å². The Kier molecular flexibility index (Phi) is 7.12. The van der Waals surface area contributed by atoms with E-state index >= 15 is 0 Å². The van der Waals surface area contributed by atoms with E-state index in [4.69, 9.17) is 4.84 Å². The zero-order valence-electron chi connectivity index (χ0n) is 18.1. The summed E-state index contributed by atoms with van der Waals surface area (Å²) < 4.78 is 2.95. The molecule has 2 aromatic carbocycles. The smallest absolute Gasteiger partial charge is 0.321 e. The summed E-state index contributed by atoms with van der Waals surface area (Å²) in [4.78, 5) is 38.9. The van der Waals surface area contributed by atoms with Gasteiger partial charge in [-0.25, -0.2) is 0 Å². The molecule has 1 amide bonds. The first-order valence-electron chi connectivity index (χ1n) is 9.84. The number of hydrogen-bond acceptors (Lipinski definition) is 6.